The molecule has 0 aliphatic heterocycles. The molecule has 0 spiro atoms. The van der Waals surface area contributed by atoms with Crippen molar-refractivity contribution in [3.05, 3.63) is 168 Å². The van der Waals surface area contributed by atoms with Gasteiger partial charge in [-0.2, -0.15) is 0 Å². The minimum Gasteiger partial charge on any atom is -0.872 e. The quantitative estimate of drug-likeness (QED) is 0.109. The Morgan fingerprint density at radius 2 is 0.981 bits per heavy atom. The Morgan fingerprint density at radius 1 is 0.538 bits per heavy atom. The maximum atomic E-state index is 14.3. The fraction of sp³-hybridized carbons (Fsp3) is 0.195. The van der Waals surface area contributed by atoms with Crippen LogP contribution in [0.25, 0.3) is 22.6 Å². The van der Waals surface area contributed by atoms with Crippen molar-refractivity contribution in [3.8, 4) is 17.2 Å². The maximum absolute atomic E-state index is 14.3. The van der Waals surface area contributed by atoms with Crippen LogP contribution in [0.1, 0.15) is 47.8 Å². The normalized spacial score (nSPS) is 10.7. The molecule has 0 aliphatic rings. The molecule has 11 heteroatoms. The average Bonchev–Trinajstić information content (AvgIpc) is 3.60. The van der Waals surface area contributed by atoms with Gasteiger partial charge in [0, 0.05) is 69.6 Å². The van der Waals surface area contributed by atoms with Crippen LogP contribution in [0.3, 0.4) is 0 Å². The van der Waals surface area contributed by atoms with Gasteiger partial charge in [-0.15, -0.1) is 0 Å². The summed E-state index contributed by atoms with van der Waals surface area (Å²) in [5, 5.41) is 14.3. The SMILES string of the molecule is CC.[O-]c1c(CN(Cc2ccccn2)Cc2ccccn2)cc(CN(Cc2ccccn2)Cc2ccccn2)cc1-c1nc2ccccc2o1.[Zn+2].[Zn+2]. The van der Waals surface area contributed by atoms with Gasteiger partial charge >= 0.3 is 39.0 Å². The summed E-state index contributed by atoms with van der Waals surface area (Å²) in [6.07, 6.45) is 7.19. The Labute approximate surface area is 330 Å². The minimum absolute atomic E-state index is 0. The molecule has 0 aliphatic carbocycles. The summed E-state index contributed by atoms with van der Waals surface area (Å²) in [5.74, 6) is 0.199. The van der Waals surface area contributed by atoms with Crippen molar-refractivity contribution in [1.29, 1.82) is 0 Å². The molecule has 0 amide bonds. The van der Waals surface area contributed by atoms with E-state index in [9.17, 15) is 5.11 Å². The van der Waals surface area contributed by atoms with E-state index in [0.29, 0.717) is 67.4 Å². The smallest absolute Gasteiger partial charge is 0.872 e. The Morgan fingerprint density at radius 3 is 1.42 bits per heavy atom. The van der Waals surface area contributed by atoms with E-state index < -0.39 is 0 Å². The van der Waals surface area contributed by atoms with Gasteiger partial charge in [0.1, 0.15) is 5.52 Å². The summed E-state index contributed by atoms with van der Waals surface area (Å²) in [4.78, 5) is 27.5. The van der Waals surface area contributed by atoms with Gasteiger partial charge in [0.15, 0.2) is 5.58 Å². The molecule has 2 aromatic carbocycles. The number of fused-ring (bicyclic) bond motifs is 1. The second kappa shape index (κ2) is 20.5. The van der Waals surface area contributed by atoms with Crippen molar-refractivity contribution in [1.82, 2.24) is 34.7 Å². The van der Waals surface area contributed by atoms with E-state index in [1.807, 2.05) is 135 Å². The number of oxazole rings is 1. The van der Waals surface area contributed by atoms with Gasteiger partial charge in [-0.3, -0.25) is 29.7 Å². The van der Waals surface area contributed by atoms with Gasteiger partial charge in [-0.05, 0) is 77.9 Å². The molecule has 0 radical (unpaired) electrons. The first kappa shape index (κ1) is 40.3. The van der Waals surface area contributed by atoms with E-state index in [4.69, 9.17) is 9.40 Å². The van der Waals surface area contributed by atoms with Crippen LogP contribution in [0.4, 0.5) is 0 Å². The summed E-state index contributed by atoms with van der Waals surface area (Å²) < 4.78 is 6.16. The molecule has 252 valence electrons. The number of para-hydroxylation sites is 2. The van der Waals surface area contributed by atoms with Gasteiger partial charge in [-0.25, -0.2) is 4.98 Å². The van der Waals surface area contributed by atoms with Gasteiger partial charge in [0.05, 0.1) is 22.8 Å². The molecule has 5 heterocycles. The van der Waals surface area contributed by atoms with Crippen molar-refractivity contribution in [3.63, 3.8) is 0 Å². The summed E-state index contributed by atoms with van der Waals surface area (Å²) >= 11 is 0. The van der Waals surface area contributed by atoms with Gasteiger partial charge in [0.2, 0.25) is 5.89 Å². The second-order valence-corrected chi connectivity index (χ2v) is 11.7. The van der Waals surface area contributed by atoms with Crippen LogP contribution in [-0.4, -0.2) is 34.7 Å². The molecule has 0 unspecified atom stereocenters. The van der Waals surface area contributed by atoms with Crippen LogP contribution in [-0.2, 0) is 78.2 Å². The molecule has 0 fully saturated rings. The van der Waals surface area contributed by atoms with Crippen molar-refractivity contribution < 1.29 is 48.5 Å². The third-order valence-electron chi connectivity index (χ3n) is 8.00. The fourth-order valence-corrected chi connectivity index (χ4v) is 5.83. The number of hydrogen-bond acceptors (Lipinski definition) is 9. The van der Waals surface area contributed by atoms with Crippen molar-refractivity contribution >= 4 is 11.1 Å². The molecule has 52 heavy (non-hydrogen) atoms. The molecule has 7 aromatic rings. The molecular weight excluding hydrogens is 753 g/mol. The van der Waals surface area contributed by atoms with Gasteiger partial charge in [0.25, 0.3) is 0 Å². The van der Waals surface area contributed by atoms with Crippen LogP contribution in [0.15, 0.2) is 138 Å². The first-order valence-electron chi connectivity index (χ1n) is 16.9. The molecule has 0 saturated carbocycles. The Bertz CT molecular complexity index is 1950. The Kier molecular flexibility index (Phi) is 15.9. The predicted molar refractivity (Wildman–Crippen MR) is 193 cm³/mol. The van der Waals surface area contributed by atoms with Crippen molar-refractivity contribution in [2.24, 2.45) is 0 Å². The first-order chi connectivity index (χ1) is 24.7. The minimum atomic E-state index is -0.113. The number of pyridine rings is 4. The van der Waals surface area contributed by atoms with Crippen LogP contribution in [0, 0.1) is 0 Å². The monoisotopic (exact) mass is 790 g/mol. The molecule has 5 aromatic heterocycles. The van der Waals surface area contributed by atoms with E-state index in [0.717, 1.165) is 28.3 Å². The predicted octanol–water partition coefficient (Wildman–Crippen LogP) is 7.57. The van der Waals surface area contributed by atoms with Crippen LogP contribution >= 0.6 is 0 Å². The van der Waals surface area contributed by atoms with E-state index in [1.165, 1.54) is 0 Å². The zero-order valence-corrected chi connectivity index (χ0v) is 35.7. The summed E-state index contributed by atoms with van der Waals surface area (Å²) in [7, 11) is 0. The third-order valence-corrected chi connectivity index (χ3v) is 8.00. The topological polar surface area (TPSA) is 107 Å². The van der Waals surface area contributed by atoms with Crippen molar-refractivity contribution in [2.75, 3.05) is 0 Å². The van der Waals surface area contributed by atoms with Crippen LogP contribution in [0.5, 0.6) is 5.75 Å². The van der Waals surface area contributed by atoms with Crippen LogP contribution in [0.2, 0.25) is 0 Å². The molecular formula is C41H40N7O2Zn2+3. The molecule has 9 nitrogen and oxygen atoms in total. The van der Waals surface area contributed by atoms with E-state index >= 15 is 0 Å². The summed E-state index contributed by atoms with van der Waals surface area (Å²) in [5.41, 5.74) is 7.11. The number of rotatable bonds is 13. The Balaban J connectivity index is 0.00000149. The largest absolute Gasteiger partial charge is 2.00 e. The third kappa shape index (κ3) is 11.0. The number of hydrogen-bond donors (Lipinski definition) is 0. The van der Waals surface area contributed by atoms with E-state index in [2.05, 4.69) is 29.7 Å². The average molecular weight is 794 g/mol. The number of benzene rings is 2. The number of aromatic nitrogens is 5. The zero-order chi connectivity index (χ0) is 34.5. The fourth-order valence-electron chi connectivity index (χ4n) is 5.83. The van der Waals surface area contributed by atoms with Crippen LogP contribution < -0.4 is 5.11 Å². The second-order valence-electron chi connectivity index (χ2n) is 11.7. The molecule has 7 rings (SSSR count). The summed E-state index contributed by atoms with van der Waals surface area (Å²) in [6, 6.07) is 35.1. The Hall–Kier alpha value is -4.52. The molecule has 0 saturated heterocycles. The van der Waals surface area contributed by atoms with Gasteiger partial charge < -0.3 is 9.52 Å². The van der Waals surface area contributed by atoms with Gasteiger partial charge in [-0.1, -0.05) is 62.1 Å². The summed E-state index contributed by atoms with van der Waals surface area (Å²) in [6.45, 7) is 7.24. The standard InChI is InChI=1S/C39H35N7O2.C2H6.2Zn/c47-38-30(24-46(27-33-13-5-9-19-42-33)28-34-14-6-10-20-43-34)21-29(22-35(38)39-44-36-15-1-2-16-37(36)48-39)23-45(25-31-11-3-7-17-40-31)26-32-12-4-8-18-41-32;1-2;;/h1-22,47H,23-28H2;1-2H3;;/q;;2*+2/p-1. The molecule has 0 bridgehead atoms. The molecule has 0 atom stereocenters. The van der Waals surface area contributed by atoms with Crippen molar-refractivity contribution in [2.45, 2.75) is 53.1 Å². The van der Waals surface area contributed by atoms with E-state index in [1.54, 1.807) is 12.4 Å². The zero-order valence-electron chi connectivity index (χ0n) is 29.8. The van der Waals surface area contributed by atoms with E-state index in [-0.39, 0.29) is 44.7 Å². The number of nitrogens with zero attached hydrogens (tertiary/aromatic N) is 7. The molecule has 0 N–H and O–H groups in total. The maximum Gasteiger partial charge on any atom is 2.00 e. The first-order valence-corrected chi connectivity index (χ1v) is 16.9.